The third kappa shape index (κ3) is 56.6. The molecule has 0 bridgehead atoms. The van der Waals surface area contributed by atoms with Crippen molar-refractivity contribution in [3.05, 3.63) is 38.0 Å². The molecule has 2 heterocycles. The maximum absolute atomic E-state index is 12.6. The largest absolute Gasteiger partial charge is 0.460 e. The Hall–Kier alpha value is -6.97. The van der Waals surface area contributed by atoms with E-state index in [0.717, 1.165) is 39.3 Å². The van der Waals surface area contributed by atoms with Crippen LogP contribution in [0.3, 0.4) is 0 Å². The molecular weight excluding hydrogens is 1230 g/mol. The summed E-state index contributed by atoms with van der Waals surface area (Å²) in [6, 6.07) is 0. The number of ketones is 1. The Labute approximate surface area is 559 Å². The average Bonchev–Trinajstić information content (AvgIpc) is 1.01. The molecule has 2 aliphatic heterocycles. The summed E-state index contributed by atoms with van der Waals surface area (Å²) >= 11 is 0. The molecule has 544 valence electrons. The highest BCUT2D eigenvalue weighted by atomic mass is 16.6. The lowest BCUT2D eigenvalue weighted by molar-refractivity contribution is -0.162. The van der Waals surface area contributed by atoms with E-state index in [1.807, 2.05) is 47.6 Å². The van der Waals surface area contributed by atoms with Crippen molar-refractivity contribution in [3.8, 4) is 0 Å². The van der Waals surface area contributed by atoms with Crippen molar-refractivity contribution in [1.82, 2.24) is 20.4 Å². The summed E-state index contributed by atoms with van der Waals surface area (Å²) in [4.78, 5) is 132. The average molecular weight is 1350 g/mol. The van der Waals surface area contributed by atoms with E-state index in [2.05, 4.69) is 35.1 Å². The second kappa shape index (κ2) is 51.4. The first-order valence-electron chi connectivity index (χ1n) is 32.0. The zero-order valence-electron chi connectivity index (χ0n) is 59.9. The number of alkyl carbamates (subject to hydrolysis) is 2. The van der Waals surface area contributed by atoms with Crippen molar-refractivity contribution in [1.29, 1.82) is 0 Å². The van der Waals surface area contributed by atoms with Crippen LogP contribution in [-0.2, 0) is 80.9 Å². The van der Waals surface area contributed by atoms with Gasteiger partial charge in [-0.3, -0.25) is 19.2 Å². The van der Waals surface area contributed by atoms with Gasteiger partial charge in [-0.15, -0.1) is 19.7 Å². The SMILES string of the molecule is C1CCOC1.C1CCOC1.C=CC(CCN(C(=O)OC(C)(C)C)C(=O)C(=O)OCC)CCN(C(=O)OC(C)(C)C)C(=O)C(=O)OCC.C=CC(CCNC(=O)OC(C)(C)C)CCNC(=O)OC(C)(C)C.C=CC(CCO)CCO.CCOC(=O)C(=O)CC(=O)OC(C)(C)C. The molecule has 0 unspecified atom stereocenters. The first-order chi connectivity index (χ1) is 43.5. The molecule has 94 heavy (non-hydrogen) atoms. The third-order valence-electron chi connectivity index (χ3n) is 11.3. The first kappa shape index (κ1) is 93.4. The summed E-state index contributed by atoms with van der Waals surface area (Å²) in [5.74, 6) is -7.37. The van der Waals surface area contributed by atoms with Gasteiger partial charge in [-0.2, -0.15) is 0 Å². The Morgan fingerprint density at radius 3 is 0.979 bits per heavy atom. The van der Waals surface area contributed by atoms with E-state index in [9.17, 15) is 52.7 Å². The number of ether oxygens (including phenoxy) is 10. The molecule has 2 aliphatic rings. The molecule has 0 spiro atoms. The molecule has 0 aliphatic carbocycles. The van der Waals surface area contributed by atoms with Crippen molar-refractivity contribution < 1.29 is 110 Å². The minimum Gasteiger partial charge on any atom is -0.460 e. The third-order valence-corrected chi connectivity index (χ3v) is 11.3. The summed E-state index contributed by atoms with van der Waals surface area (Å²) in [7, 11) is 0. The molecule has 0 radical (unpaired) electrons. The van der Waals surface area contributed by atoms with E-state index >= 15 is 0 Å². The van der Waals surface area contributed by atoms with Crippen molar-refractivity contribution in [3.63, 3.8) is 0 Å². The molecule has 27 nitrogen and oxygen atoms in total. The number of nitrogens with zero attached hydrogens (tertiary/aromatic N) is 2. The van der Waals surface area contributed by atoms with Crippen LogP contribution in [0.4, 0.5) is 19.2 Å². The lowest BCUT2D eigenvalue weighted by Crippen LogP contribution is -2.46. The minimum absolute atomic E-state index is 0.0585. The minimum atomic E-state index is -1.21. The highest BCUT2D eigenvalue weighted by Gasteiger charge is 2.35. The predicted molar refractivity (Wildman–Crippen MR) is 353 cm³/mol. The molecule has 0 atom stereocenters. The number of hydrogen-bond acceptors (Lipinski definition) is 23. The second-order valence-electron chi connectivity index (χ2n) is 25.9. The Balaban J connectivity index is -0.000000596. The molecule has 0 aromatic rings. The lowest BCUT2D eigenvalue weighted by atomic mass is 10.0. The summed E-state index contributed by atoms with van der Waals surface area (Å²) in [6.45, 7) is 46.2. The summed E-state index contributed by atoms with van der Waals surface area (Å²) < 4.78 is 49.4. The monoisotopic (exact) mass is 1350 g/mol. The van der Waals surface area contributed by atoms with Gasteiger partial charge in [0.25, 0.3) is 5.78 Å². The number of aliphatic hydroxyl groups is 2. The predicted octanol–water partition coefficient (Wildman–Crippen LogP) is 9.84. The topological polar surface area (TPSA) is 351 Å². The van der Waals surface area contributed by atoms with Crippen LogP contribution in [0.2, 0.25) is 0 Å². The maximum atomic E-state index is 12.6. The van der Waals surface area contributed by atoms with Crippen LogP contribution in [0, 0.1) is 17.8 Å². The second-order valence-corrected chi connectivity index (χ2v) is 25.9. The van der Waals surface area contributed by atoms with Gasteiger partial charge in [0.15, 0.2) is 0 Å². The lowest BCUT2D eigenvalue weighted by Gasteiger charge is -2.28. The highest BCUT2D eigenvalue weighted by Crippen LogP contribution is 2.19. The fourth-order valence-electron chi connectivity index (χ4n) is 7.01. The zero-order valence-corrected chi connectivity index (χ0v) is 59.9. The van der Waals surface area contributed by atoms with Gasteiger partial charge in [0.2, 0.25) is 0 Å². The normalized spacial score (nSPS) is 12.5. The number of imide groups is 2. The van der Waals surface area contributed by atoms with E-state index in [1.165, 1.54) is 45.6 Å². The molecule has 2 fully saturated rings. The number of nitrogens with one attached hydrogen (secondary N) is 2. The molecule has 2 saturated heterocycles. The summed E-state index contributed by atoms with van der Waals surface area (Å²) in [5.41, 5.74) is -3.52. The summed E-state index contributed by atoms with van der Waals surface area (Å²) in [6.07, 6.45) is 9.86. The summed E-state index contributed by atoms with van der Waals surface area (Å²) in [5, 5.41) is 22.4. The number of carbonyl (C=O) groups excluding carboxylic acids is 11. The van der Waals surface area contributed by atoms with E-state index in [0.29, 0.717) is 35.7 Å². The molecule has 0 aromatic carbocycles. The molecule has 4 N–H and O–H groups in total. The molecular formula is C67H118N4O23. The Morgan fingerprint density at radius 2 is 0.723 bits per heavy atom. The number of Topliss-reactive ketones (excluding diaryl/α,β-unsaturated/α-hetero) is 1. The fourth-order valence-corrected chi connectivity index (χ4v) is 7.01. The van der Waals surface area contributed by atoms with E-state index in [1.54, 1.807) is 75.3 Å². The van der Waals surface area contributed by atoms with E-state index in [-0.39, 0.29) is 70.8 Å². The van der Waals surface area contributed by atoms with Gasteiger partial charge in [0.05, 0.1) is 19.8 Å². The number of rotatable bonds is 25. The molecule has 0 saturated carbocycles. The van der Waals surface area contributed by atoms with Crippen LogP contribution in [0.15, 0.2) is 38.0 Å². The Morgan fingerprint density at radius 1 is 0.436 bits per heavy atom. The van der Waals surface area contributed by atoms with E-state index in [4.69, 9.17) is 52.8 Å². The van der Waals surface area contributed by atoms with Crippen LogP contribution < -0.4 is 10.6 Å². The van der Waals surface area contributed by atoms with Gasteiger partial charge in [0, 0.05) is 65.8 Å². The zero-order chi connectivity index (χ0) is 73.3. The molecule has 0 aromatic heterocycles. The quantitative estimate of drug-likeness (QED) is 0.0217. The number of amides is 6. The van der Waals surface area contributed by atoms with Crippen LogP contribution in [0.5, 0.6) is 0 Å². The smallest absolute Gasteiger partial charge is 0.417 e. The number of esters is 4. The van der Waals surface area contributed by atoms with Crippen molar-refractivity contribution in [2.75, 3.05) is 85.6 Å². The van der Waals surface area contributed by atoms with Gasteiger partial charge in [-0.05, 0) is 207 Å². The molecule has 2 rings (SSSR count). The van der Waals surface area contributed by atoms with Gasteiger partial charge < -0.3 is 68.2 Å². The maximum Gasteiger partial charge on any atom is 0.417 e. The Bertz CT molecular complexity index is 2130. The fraction of sp³-hybridized carbons (Fsp3) is 0.746. The Kier molecular flexibility index (Phi) is 51.1. The molecule has 27 heteroatoms. The van der Waals surface area contributed by atoms with E-state index < -0.39 is 106 Å². The van der Waals surface area contributed by atoms with Crippen LogP contribution in [0.1, 0.15) is 195 Å². The number of hydrogen-bond donors (Lipinski definition) is 4. The van der Waals surface area contributed by atoms with Crippen LogP contribution in [-0.4, -0.2) is 200 Å². The van der Waals surface area contributed by atoms with Gasteiger partial charge in [-0.1, -0.05) is 18.2 Å². The van der Waals surface area contributed by atoms with Gasteiger partial charge in [-0.25, -0.2) is 43.4 Å². The number of carbonyl (C=O) groups is 11. The highest BCUT2D eigenvalue weighted by molar-refractivity contribution is 6.37. The standard InChI is InChI=1S/C25H40N2O10.C17H32N2O4.C10H16O5.C7H14O2.2C4H8O/c1-10-17(13-15-26(18(28)20(30)34-11-2)22(32)36-24(4,5)6)14-16-27(19(29)21(31)35-12-3)23(33)37-25(7,8)9;1-8-13(9-11-18-14(20)22-16(2,3)4)10-12-19-15(21)23-17(5,6)7;1-5-14-9(13)7(11)6-8(12)15-10(2,3)4;1-2-7(3-5-8)4-6-9;2*1-2-4-5-3-1/h10,17H,1,11-16H2,2-9H3;8,13H,1,9-12H2,2-7H3,(H,18,20)(H,19,21);5-6H2,1-4H3;2,7-9H,1,3-6H2;2*1-4H2. The van der Waals surface area contributed by atoms with Crippen molar-refractivity contribution in [2.45, 2.75) is 223 Å². The number of aliphatic hydroxyl groups excluding tert-OH is 2. The molecule has 6 amide bonds. The van der Waals surface area contributed by atoms with Crippen molar-refractivity contribution in [2.24, 2.45) is 17.8 Å². The number of allylic oxidation sites excluding steroid dienone is 3. The van der Waals surface area contributed by atoms with Crippen molar-refractivity contribution >= 4 is 65.8 Å². The van der Waals surface area contributed by atoms with Gasteiger partial charge in [0.1, 0.15) is 34.4 Å². The van der Waals surface area contributed by atoms with Crippen LogP contribution in [0.25, 0.3) is 0 Å². The van der Waals surface area contributed by atoms with Crippen LogP contribution >= 0.6 is 0 Å². The first-order valence-corrected chi connectivity index (χ1v) is 32.0. The van der Waals surface area contributed by atoms with Gasteiger partial charge >= 0.3 is 60.1 Å².